The molecule has 0 spiro atoms. The van der Waals surface area contributed by atoms with E-state index in [-0.39, 0.29) is 6.42 Å². The first-order valence-corrected chi connectivity index (χ1v) is 6.84. The smallest absolute Gasteiger partial charge is 0.460 e. The van der Waals surface area contributed by atoms with Crippen molar-refractivity contribution in [2.75, 3.05) is 0 Å². The second-order valence-electron chi connectivity index (χ2n) is 6.88. The highest BCUT2D eigenvalue weighted by Gasteiger charge is 2.76. The van der Waals surface area contributed by atoms with E-state index >= 15 is 0 Å². The van der Waals surface area contributed by atoms with Crippen LogP contribution in [0.2, 0.25) is 0 Å². The highest BCUT2D eigenvalue weighted by Crippen LogP contribution is 2.67. The topological polar surface area (TPSA) is 37.3 Å². The Kier molecular flexibility index (Phi) is 3.47. The summed E-state index contributed by atoms with van der Waals surface area (Å²) in [6.45, 7) is 4.53. The summed E-state index contributed by atoms with van der Waals surface area (Å²) < 4.78 is 90.3. The number of ketones is 1. The molecule has 0 heterocycles. The summed E-state index contributed by atoms with van der Waals surface area (Å²) in [6.07, 6.45) is -6.12. The Balaban J connectivity index is 2.62. The minimum Gasteiger partial charge on any atom is -0.506 e. The van der Waals surface area contributed by atoms with E-state index in [4.69, 9.17) is 0 Å². The standard InChI is InChI=1S/C14H15F7O2/c1-10(2)6-4-5-11(10,3)8(22)7(6)9(23)12(15,16)13(17,18)14(19,20)21/h6,23H,4-5H2,1-3H3/b9-7+/t6-,11+/m1/s1. The third-order valence-electron chi connectivity index (χ3n) is 5.62. The van der Waals surface area contributed by atoms with E-state index in [2.05, 4.69) is 0 Å². The molecule has 0 amide bonds. The molecule has 0 aromatic rings. The van der Waals surface area contributed by atoms with Crippen LogP contribution in [0.3, 0.4) is 0 Å². The summed E-state index contributed by atoms with van der Waals surface area (Å²) in [7, 11) is 0. The molecule has 2 saturated carbocycles. The SMILES string of the molecule is CC1(C)[C@@H]2CC[C@@]1(C)C(=O)/C2=C(/O)C(F)(F)C(F)(F)C(F)(F)F. The summed E-state index contributed by atoms with van der Waals surface area (Å²) in [5.74, 6) is -16.8. The molecule has 2 bridgehead atoms. The fourth-order valence-corrected chi connectivity index (χ4v) is 3.64. The average molecular weight is 348 g/mol. The summed E-state index contributed by atoms with van der Waals surface area (Å²) in [5.41, 5.74) is -3.10. The summed E-state index contributed by atoms with van der Waals surface area (Å²) in [5, 5.41) is 9.54. The third kappa shape index (κ3) is 1.91. The van der Waals surface area contributed by atoms with Crippen LogP contribution in [-0.4, -0.2) is 28.9 Å². The van der Waals surface area contributed by atoms with E-state index in [1.165, 1.54) is 6.92 Å². The minimum atomic E-state index is -6.56. The first-order valence-electron chi connectivity index (χ1n) is 6.84. The van der Waals surface area contributed by atoms with E-state index < -0.39 is 51.9 Å². The molecule has 0 radical (unpaired) electrons. The molecule has 1 N–H and O–H groups in total. The molecule has 2 nitrogen and oxygen atoms in total. The predicted octanol–water partition coefficient (Wildman–Crippen LogP) is 4.66. The van der Waals surface area contributed by atoms with Crippen molar-refractivity contribution in [3.05, 3.63) is 11.3 Å². The zero-order chi connectivity index (χ0) is 18.2. The number of carbonyl (C=O) groups is 1. The van der Waals surface area contributed by atoms with Gasteiger partial charge in [0, 0.05) is 11.0 Å². The molecule has 2 atom stereocenters. The van der Waals surface area contributed by atoms with Crippen LogP contribution in [0.4, 0.5) is 30.7 Å². The van der Waals surface area contributed by atoms with Crippen molar-refractivity contribution in [3.8, 4) is 0 Å². The van der Waals surface area contributed by atoms with E-state index in [0.717, 1.165) is 0 Å². The monoisotopic (exact) mass is 348 g/mol. The molecule has 0 unspecified atom stereocenters. The number of rotatable bonds is 2. The maximum absolute atomic E-state index is 13.7. The number of Topliss-reactive ketones (excluding diaryl/α,β-unsaturated/α-hetero) is 1. The summed E-state index contributed by atoms with van der Waals surface area (Å²) in [6, 6.07) is 0. The number of hydrogen-bond donors (Lipinski definition) is 1. The lowest BCUT2D eigenvalue weighted by molar-refractivity contribution is -0.349. The van der Waals surface area contributed by atoms with Crippen LogP contribution in [0.5, 0.6) is 0 Å². The van der Waals surface area contributed by atoms with E-state index in [0.29, 0.717) is 6.42 Å². The largest absolute Gasteiger partial charge is 0.506 e. The van der Waals surface area contributed by atoms with Crippen LogP contribution >= 0.6 is 0 Å². The van der Waals surface area contributed by atoms with Gasteiger partial charge in [-0.05, 0) is 24.2 Å². The van der Waals surface area contributed by atoms with Crippen LogP contribution in [0, 0.1) is 16.7 Å². The van der Waals surface area contributed by atoms with Gasteiger partial charge in [-0.25, -0.2) is 0 Å². The van der Waals surface area contributed by atoms with Gasteiger partial charge in [0.1, 0.15) is 0 Å². The Morgan fingerprint density at radius 2 is 1.57 bits per heavy atom. The Morgan fingerprint density at radius 3 is 1.91 bits per heavy atom. The highest BCUT2D eigenvalue weighted by atomic mass is 19.4. The van der Waals surface area contributed by atoms with E-state index in [1.54, 1.807) is 13.8 Å². The van der Waals surface area contributed by atoms with Crippen molar-refractivity contribution in [2.45, 2.75) is 51.6 Å². The lowest BCUT2D eigenvalue weighted by atomic mass is 9.70. The van der Waals surface area contributed by atoms with Gasteiger partial charge in [-0.15, -0.1) is 0 Å². The first-order chi connectivity index (χ1) is 10.0. The van der Waals surface area contributed by atoms with Crippen LogP contribution < -0.4 is 0 Å². The normalized spacial score (nSPS) is 33.3. The second-order valence-corrected chi connectivity index (χ2v) is 6.88. The minimum absolute atomic E-state index is 0.155. The summed E-state index contributed by atoms with van der Waals surface area (Å²) >= 11 is 0. The number of alkyl halides is 7. The number of aliphatic hydroxyl groups excluding tert-OH is 1. The van der Waals surface area contributed by atoms with Gasteiger partial charge in [0.25, 0.3) is 0 Å². The number of carbonyl (C=O) groups excluding carboxylic acids is 1. The number of fused-ring (bicyclic) bond motifs is 2. The molecule has 23 heavy (non-hydrogen) atoms. The molecule has 132 valence electrons. The fourth-order valence-electron chi connectivity index (χ4n) is 3.64. The molecule has 2 aliphatic rings. The van der Waals surface area contributed by atoms with Crippen molar-refractivity contribution in [1.82, 2.24) is 0 Å². The Labute approximate surface area is 127 Å². The number of halogens is 7. The molecule has 2 fully saturated rings. The Bertz CT molecular complexity index is 588. The molecule has 0 saturated heterocycles. The van der Waals surface area contributed by atoms with Gasteiger partial charge in [-0.2, -0.15) is 30.7 Å². The molecule has 2 aliphatic carbocycles. The summed E-state index contributed by atoms with van der Waals surface area (Å²) in [4.78, 5) is 12.3. The average Bonchev–Trinajstić information content (AvgIpc) is 2.68. The fraction of sp³-hybridized carbons (Fsp3) is 0.786. The van der Waals surface area contributed by atoms with Gasteiger partial charge >= 0.3 is 18.0 Å². The molecular formula is C14H15F7O2. The predicted molar refractivity (Wildman–Crippen MR) is 65.2 cm³/mol. The van der Waals surface area contributed by atoms with Crippen LogP contribution in [0.1, 0.15) is 33.6 Å². The van der Waals surface area contributed by atoms with Crippen molar-refractivity contribution < 1.29 is 40.6 Å². The van der Waals surface area contributed by atoms with Gasteiger partial charge in [-0.3, -0.25) is 4.79 Å². The second kappa shape index (κ2) is 4.42. The molecule has 9 heteroatoms. The van der Waals surface area contributed by atoms with E-state index in [1.807, 2.05) is 0 Å². The first kappa shape index (κ1) is 18.1. The molecule has 0 aromatic heterocycles. The Hall–Kier alpha value is -1.28. The van der Waals surface area contributed by atoms with Gasteiger partial charge in [0.05, 0.1) is 0 Å². The zero-order valence-corrected chi connectivity index (χ0v) is 12.5. The maximum Gasteiger partial charge on any atom is 0.460 e. The van der Waals surface area contributed by atoms with Gasteiger partial charge in [0.15, 0.2) is 11.5 Å². The van der Waals surface area contributed by atoms with Gasteiger partial charge < -0.3 is 5.11 Å². The molecular weight excluding hydrogens is 333 g/mol. The number of hydrogen-bond acceptors (Lipinski definition) is 2. The van der Waals surface area contributed by atoms with Gasteiger partial charge in [0.2, 0.25) is 0 Å². The van der Waals surface area contributed by atoms with Crippen molar-refractivity contribution in [3.63, 3.8) is 0 Å². The van der Waals surface area contributed by atoms with Gasteiger partial charge in [-0.1, -0.05) is 20.8 Å². The third-order valence-corrected chi connectivity index (χ3v) is 5.62. The van der Waals surface area contributed by atoms with Crippen LogP contribution in [-0.2, 0) is 4.79 Å². The van der Waals surface area contributed by atoms with Crippen LogP contribution in [0.25, 0.3) is 0 Å². The quantitative estimate of drug-likeness (QED) is 0.448. The maximum atomic E-state index is 13.7. The Morgan fingerprint density at radius 1 is 1.09 bits per heavy atom. The molecule has 2 rings (SSSR count). The van der Waals surface area contributed by atoms with Crippen molar-refractivity contribution >= 4 is 5.78 Å². The highest BCUT2D eigenvalue weighted by molar-refractivity contribution is 6.05. The molecule has 0 aliphatic heterocycles. The van der Waals surface area contributed by atoms with Crippen molar-refractivity contribution in [1.29, 1.82) is 0 Å². The molecule has 0 aromatic carbocycles. The van der Waals surface area contributed by atoms with Crippen LogP contribution in [0.15, 0.2) is 11.3 Å². The number of aliphatic hydroxyl groups is 1. The lowest BCUT2D eigenvalue weighted by Crippen LogP contribution is -2.53. The number of allylic oxidation sites excluding steroid dienone is 2. The zero-order valence-electron chi connectivity index (χ0n) is 12.5. The van der Waals surface area contributed by atoms with Crippen molar-refractivity contribution in [2.24, 2.45) is 16.7 Å². The van der Waals surface area contributed by atoms with E-state index in [9.17, 15) is 40.6 Å². The lowest BCUT2D eigenvalue weighted by Gasteiger charge is -2.31.